The Morgan fingerprint density at radius 2 is 2.00 bits per heavy atom. The van der Waals surface area contributed by atoms with Gasteiger partial charge in [0.15, 0.2) is 6.61 Å². The number of anilines is 1. The van der Waals surface area contributed by atoms with Gasteiger partial charge in [-0.2, -0.15) is 13.2 Å². The summed E-state index contributed by atoms with van der Waals surface area (Å²) in [6, 6.07) is 6.76. The Labute approximate surface area is 102 Å². The molecule has 0 atom stereocenters. The molecule has 0 aliphatic heterocycles. The highest BCUT2D eigenvalue weighted by molar-refractivity contribution is 5.85. The van der Waals surface area contributed by atoms with Crippen LogP contribution in [0.15, 0.2) is 24.3 Å². The minimum Gasteiger partial charge on any atom is -0.440 e. The number of rotatable bonds is 4. The van der Waals surface area contributed by atoms with Crippen molar-refractivity contribution in [2.45, 2.75) is 12.7 Å². The normalized spacial score (nSPS) is 11.1. The quantitative estimate of drug-likeness (QED) is 0.876. The van der Waals surface area contributed by atoms with Crippen LogP contribution in [0, 0.1) is 0 Å². The number of carbonyl (C=O) groups is 1. The minimum atomic E-state index is -4.53. The second-order valence-electron chi connectivity index (χ2n) is 3.50. The summed E-state index contributed by atoms with van der Waals surface area (Å²) in [5.74, 6) is 0. The fraction of sp³-hybridized carbons (Fsp3) is 0.364. The van der Waals surface area contributed by atoms with Gasteiger partial charge in [-0.1, -0.05) is 18.2 Å². The third-order valence-electron chi connectivity index (χ3n) is 1.99. The first-order chi connectivity index (χ1) is 8.42. The summed E-state index contributed by atoms with van der Waals surface area (Å²) in [6.07, 6.45) is -5.65. The van der Waals surface area contributed by atoms with Gasteiger partial charge in [-0.3, -0.25) is 5.32 Å². The second-order valence-corrected chi connectivity index (χ2v) is 3.50. The van der Waals surface area contributed by atoms with E-state index < -0.39 is 18.9 Å². The van der Waals surface area contributed by atoms with Crippen molar-refractivity contribution in [1.29, 1.82) is 0 Å². The Hall–Kier alpha value is -1.76. The molecule has 0 fully saturated rings. The first-order valence-electron chi connectivity index (χ1n) is 5.15. The van der Waals surface area contributed by atoms with Crippen molar-refractivity contribution < 1.29 is 22.7 Å². The van der Waals surface area contributed by atoms with Gasteiger partial charge in [-0.15, -0.1) is 0 Å². The van der Waals surface area contributed by atoms with Gasteiger partial charge in [0, 0.05) is 12.2 Å². The smallest absolute Gasteiger partial charge is 0.422 e. The third-order valence-corrected chi connectivity index (χ3v) is 1.99. The molecule has 1 amide bonds. The predicted octanol–water partition coefficient (Wildman–Crippen LogP) is 2.52. The lowest BCUT2D eigenvalue weighted by Crippen LogP contribution is -2.24. The monoisotopic (exact) mass is 262 g/mol. The number of benzene rings is 1. The Balaban J connectivity index is 2.59. The van der Waals surface area contributed by atoms with Crippen LogP contribution in [0.1, 0.15) is 5.56 Å². The van der Waals surface area contributed by atoms with Crippen LogP contribution in [0.5, 0.6) is 0 Å². The zero-order valence-corrected chi connectivity index (χ0v) is 9.67. The van der Waals surface area contributed by atoms with Gasteiger partial charge in [0.25, 0.3) is 0 Å². The molecule has 0 aliphatic carbocycles. The first-order valence-corrected chi connectivity index (χ1v) is 5.15. The highest BCUT2D eigenvalue weighted by Gasteiger charge is 2.29. The number of ether oxygens (including phenoxy) is 1. The number of hydrogen-bond donors (Lipinski definition) is 2. The van der Waals surface area contributed by atoms with Crippen molar-refractivity contribution in [3.05, 3.63) is 29.8 Å². The molecule has 0 spiro atoms. The van der Waals surface area contributed by atoms with Gasteiger partial charge in [-0.05, 0) is 18.7 Å². The summed E-state index contributed by atoms with van der Waals surface area (Å²) in [4.78, 5) is 11.2. The molecule has 1 aromatic carbocycles. The molecule has 18 heavy (non-hydrogen) atoms. The number of halogens is 3. The average Bonchev–Trinajstić information content (AvgIpc) is 2.29. The SMILES string of the molecule is CNCc1ccccc1NC(=O)OCC(F)(F)F. The van der Waals surface area contributed by atoms with Crippen molar-refractivity contribution in [3.8, 4) is 0 Å². The number of para-hydroxylation sites is 1. The van der Waals surface area contributed by atoms with Crippen LogP contribution in [0.4, 0.5) is 23.7 Å². The Morgan fingerprint density at radius 3 is 2.61 bits per heavy atom. The van der Waals surface area contributed by atoms with Crippen LogP contribution in [0.2, 0.25) is 0 Å². The molecule has 0 saturated heterocycles. The van der Waals surface area contributed by atoms with E-state index in [0.717, 1.165) is 5.56 Å². The van der Waals surface area contributed by atoms with E-state index in [1.54, 1.807) is 31.3 Å². The molecule has 0 saturated carbocycles. The van der Waals surface area contributed by atoms with Crippen molar-refractivity contribution in [3.63, 3.8) is 0 Å². The molecule has 7 heteroatoms. The van der Waals surface area contributed by atoms with Gasteiger partial charge < -0.3 is 10.1 Å². The summed E-state index contributed by atoms with van der Waals surface area (Å²) in [7, 11) is 1.72. The van der Waals surface area contributed by atoms with Gasteiger partial charge in [0.1, 0.15) is 0 Å². The lowest BCUT2D eigenvalue weighted by molar-refractivity contribution is -0.159. The molecule has 0 heterocycles. The lowest BCUT2D eigenvalue weighted by Gasteiger charge is -2.12. The maximum atomic E-state index is 11.8. The highest BCUT2D eigenvalue weighted by Crippen LogP contribution is 2.17. The van der Waals surface area contributed by atoms with Gasteiger partial charge >= 0.3 is 12.3 Å². The van der Waals surface area contributed by atoms with E-state index in [1.807, 2.05) is 0 Å². The van der Waals surface area contributed by atoms with Crippen LogP contribution in [0.3, 0.4) is 0 Å². The van der Waals surface area contributed by atoms with Crippen LogP contribution in [-0.4, -0.2) is 25.9 Å². The fourth-order valence-corrected chi connectivity index (χ4v) is 1.28. The van der Waals surface area contributed by atoms with E-state index in [0.29, 0.717) is 12.2 Å². The maximum absolute atomic E-state index is 11.8. The van der Waals surface area contributed by atoms with Crippen LogP contribution in [-0.2, 0) is 11.3 Å². The molecular formula is C11H13F3N2O2. The molecule has 4 nitrogen and oxygen atoms in total. The number of nitrogens with one attached hydrogen (secondary N) is 2. The zero-order valence-electron chi connectivity index (χ0n) is 9.67. The average molecular weight is 262 g/mol. The summed E-state index contributed by atoms with van der Waals surface area (Å²) in [5, 5.41) is 5.15. The summed E-state index contributed by atoms with van der Waals surface area (Å²) in [5.41, 5.74) is 1.17. The largest absolute Gasteiger partial charge is 0.440 e. The standard InChI is InChI=1S/C11H13F3N2O2/c1-15-6-8-4-2-3-5-9(8)16-10(17)18-7-11(12,13)14/h2-5,15H,6-7H2,1H3,(H,16,17). The summed E-state index contributed by atoms with van der Waals surface area (Å²) < 4.78 is 39.6. The minimum absolute atomic E-state index is 0.416. The van der Waals surface area contributed by atoms with E-state index in [2.05, 4.69) is 15.4 Å². The molecular weight excluding hydrogens is 249 g/mol. The van der Waals surface area contributed by atoms with Gasteiger partial charge in [0.2, 0.25) is 0 Å². The molecule has 0 unspecified atom stereocenters. The maximum Gasteiger partial charge on any atom is 0.422 e. The summed E-state index contributed by atoms with van der Waals surface area (Å²) >= 11 is 0. The highest BCUT2D eigenvalue weighted by atomic mass is 19.4. The molecule has 0 bridgehead atoms. The number of alkyl halides is 3. The van der Waals surface area contributed by atoms with Crippen LogP contribution < -0.4 is 10.6 Å². The number of carbonyl (C=O) groups excluding carboxylic acids is 1. The van der Waals surface area contributed by atoms with Crippen LogP contribution >= 0.6 is 0 Å². The predicted molar refractivity (Wildman–Crippen MR) is 60.2 cm³/mol. The van der Waals surface area contributed by atoms with E-state index in [1.165, 1.54) is 0 Å². The second kappa shape index (κ2) is 6.25. The first kappa shape index (κ1) is 14.3. The Morgan fingerprint density at radius 1 is 1.33 bits per heavy atom. The molecule has 2 N–H and O–H groups in total. The number of amides is 1. The Kier molecular flexibility index (Phi) is 4.96. The molecule has 1 rings (SSSR count). The summed E-state index contributed by atoms with van der Waals surface area (Å²) in [6.45, 7) is -1.12. The van der Waals surface area contributed by atoms with E-state index in [-0.39, 0.29) is 0 Å². The van der Waals surface area contributed by atoms with Crippen LogP contribution in [0.25, 0.3) is 0 Å². The molecule has 0 aliphatic rings. The van der Waals surface area contributed by atoms with E-state index >= 15 is 0 Å². The lowest BCUT2D eigenvalue weighted by atomic mass is 10.2. The Bertz CT molecular complexity index is 408. The van der Waals surface area contributed by atoms with Crippen molar-refractivity contribution in [2.75, 3.05) is 19.0 Å². The molecule has 0 radical (unpaired) electrons. The fourth-order valence-electron chi connectivity index (χ4n) is 1.28. The molecule has 1 aromatic rings. The van der Waals surface area contributed by atoms with Crippen molar-refractivity contribution >= 4 is 11.8 Å². The number of hydrogen-bond acceptors (Lipinski definition) is 3. The van der Waals surface area contributed by atoms with Crippen molar-refractivity contribution in [1.82, 2.24) is 5.32 Å². The van der Waals surface area contributed by atoms with Gasteiger partial charge in [-0.25, -0.2) is 4.79 Å². The third kappa shape index (κ3) is 5.05. The van der Waals surface area contributed by atoms with E-state index in [9.17, 15) is 18.0 Å². The zero-order chi connectivity index (χ0) is 13.6. The molecule has 0 aromatic heterocycles. The van der Waals surface area contributed by atoms with Crippen molar-refractivity contribution in [2.24, 2.45) is 0 Å². The van der Waals surface area contributed by atoms with E-state index in [4.69, 9.17) is 0 Å². The molecule has 100 valence electrons. The van der Waals surface area contributed by atoms with Gasteiger partial charge in [0.05, 0.1) is 0 Å². The topological polar surface area (TPSA) is 50.4 Å².